The van der Waals surface area contributed by atoms with E-state index in [2.05, 4.69) is 9.97 Å². The topological polar surface area (TPSA) is 126 Å². The summed E-state index contributed by atoms with van der Waals surface area (Å²) in [6.07, 6.45) is 10.5. The largest absolute Gasteiger partial charge is 0.490 e. The molecule has 4 aromatic rings. The summed E-state index contributed by atoms with van der Waals surface area (Å²) in [6, 6.07) is 16.9. The van der Waals surface area contributed by atoms with Crippen molar-refractivity contribution in [1.29, 1.82) is 10.5 Å². The number of Topliss-reactive ketones (excluding diaryl/α,β-unsaturated/α-hetero) is 2. The first-order chi connectivity index (χ1) is 27.7. The van der Waals surface area contributed by atoms with Crippen molar-refractivity contribution in [1.82, 2.24) is 9.97 Å². The molecular weight excluding hydrogens is 781 g/mol. The van der Waals surface area contributed by atoms with Crippen LogP contribution in [0.15, 0.2) is 60.9 Å². The molecule has 304 valence electrons. The minimum Gasteiger partial charge on any atom is -0.490 e. The average Bonchev–Trinajstić information content (AvgIpc) is 3.19. The van der Waals surface area contributed by atoms with Crippen LogP contribution in [0.1, 0.15) is 147 Å². The van der Waals surface area contributed by atoms with E-state index in [0.29, 0.717) is 62.5 Å². The first-order valence-electron chi connectivity index (χ1n) is 19.8. The third-order valence-electron chi connectivity index (χ3n) is 10.8. The molecule has 2 fully saturated rings. The Morgan fingerprint density at radius 1 is 0.690 bits per heavy atom. The smallest absolute Gasteiger partial charge is 0.167 e. The van der Waals surface area contributed by atoms with Crippen molar-refractivity contribution < 1.29 is 27.8 Å². The van der Waals surface area contributed by atoms with Gasteiger partial charge in [-0.05, 0) is 111 Å². The summed E-state index contributed by atoms with van der Waals surface area (Å²) in [7, 11) is 0. The van der Waals surface area contributed by atoms with Gasteiger partial charge in [0, 0.05) is 48.6 Å². The predicted octanol–water partition coefficient (Wildman–Crippen LogP) is 12.2. The number of nitrogens with zero attached hydrogens (tertiary/aromatic N) is 4. The van der Waals surface area contributed by atoms with Gasteiger partial charge in [-0.3, -0.25) is 19.6 Å². The number of hydrogen-bond acceptors (Lipinski definition) is 8. The van der Waals surface area contributed by atoms with E-state index in [1.165, 1.54) is 24.5 Å². The lowest BCUT2D eigenvalue weighted by Gasteiger charge is -2.28. The Hall–Kier alpha value is -4.90. The summed E-state index contributed by atoms with van der Waals surface area (Å²) in [4.78, 5) is 33.4. The SMILES string of the molecule is CC(C)c1cc(F)c(C(=O)CC2CCC(Oc3ccc(C#N)c(Cl)c3)CC2)cn1.CC(C)c1ncc(C(=O)CC2CCC(Oc3ccc(C#N)c(Cl)c3)CC2)cc1F. The summed E-state index contributed by atoms with van der Waals surface area (Å²) >= 11 is 12.1. The zero-order valence-electron chi connectivity index (χ0n) is 33.2. The standard InChI is InChI=1S/2C23H24ClFN2O2/c1-14(2)23-21(25)10-17(13-27-23)22(28)9-15-3-6-18(7-4-15)29-19-8-5-16(12-26)20(24)11-19;1-14(2)22-11-21(25)19(13-27-22)23(28)9-15-3-6-17(7-4-15)29-18-8-5-16(12-26)20(24)10-18/h5,8,10-11,13-15,18H,3-4,6-7,9H2,1-2H3;5,8,10-11,13-15,17H,3-4,6-7,9H2,1-2H3. The van der Waals surface area contributed by atoms with Crippen molar-refractivity contribution in [2.24, 2.45) is 11.8 Å². The normalized spacial score (nSPS) is 19.0. The molecule has 2 aromatic heterocycles. The molecule has 0 amide bonds. The van der Waals surface area contributed by atoms with Gasteiger partial charge in [0.2, 0.25) is 0 Å². The lowest BCUT2D eigenvalue weighted by Crippen LogP contribution is -2.25. The minimum absolute atomic E-state index is 0.0135. The highest BCUT2D eigenvalue weighted by molar-refractivity contribution is 6.32. The van der Waals surface area contributed by atoms with Gasteiger partial charge in [0.05, 0.1) is 44.6 Å². The number of pyridine rings is 2. The number of carbonyl (C=O) groups is 2. The Bertz CT molecular complexity index is 2170. The second-order valence-electron chi connectivity index (χ2n) is 15.8. The van der Waals surface area contributed by atoms with Crippen LogP contribution in [-0.4, -0.2) is 33.7 Å². The van der Waals surface area contributed by atoms with Crippen LogP contribution in [0.5, 0.6) is 11.5 Å². The van der Waals surface area contributed by atoms with Crippen molar-refractivity contribution in [2.45, 2.75) is 116 Å². The second kappa shape index (κ2) is 20.7. The Balaban J connectivity index is 0.000000221. The zero-order chi connectivity index (χ0) is 41.9. The van der Waals surface area contributed by atoms with Crippen molar-refractivity contribution >= 4 is 34.8 Å². The van der Waals surface area contributed by atoms with Gasteiger partial charge in [0.15, 0.2) is 11.6 Å². The molecule has 0 saturated heterocycles. The molecule has 0 atom stereocenters. The van der Waals surface area contributed by atoms with Crippen LogP contribution in [0, 0.1) is 46.1 Å². The van der Waals surface area contributed by atoms with Gasteiger partial charge < -0.3 is 9.47 Å². The number of hydrogen-bond donors (Lipinski definition) is 0. The molecule has 0 N–H and O–H groups in total. The highest BCUT2D eigenvalue weighted by atomic mass is 35.5. The summed E-state index contributed by atoms with van der Waals surface area (Å²) in [5, 5.41) is 18.6. The summed E-state index contributed by atoms with van der Waals surface area (Å²) < 4.78 is 40.4. The number of rotatable bonds is 12. The van der Waals surface area contributed by atoms with E-state index in [1.54, 1.807) is 36.4 Å². The highest BCUT2D eigenvalue weighted by Gasteiger charge is 2.27. The molecule has 2 heterocycles. The van der Waals surface area contributed by atoms with Gasteiger partial charge in [-0.25, -0.2) is 8.78 Å². The van der Waals surface area contributed by atoms with E-state index in [9.17, 15) is 18.4 Å². The lowest BCUT2D eigenvalue weighted by molar-refractivity contribution is 0.0894. The van der Waals surface area contributed by atoms with Gasteiger partial charge >= 0.3 is 0 Å². The maximum absolute atomic E-state index is 14.3. The van der Waals surface area contributed by atoms with Crippen LogP contribution >= 0.6 is 23.2 Å². The van der Waals surface area contributed by atoms with E-state index in [4.69, 9.17) is 43.2 Å². The third-order valence-corrected chi connectivity index (χ3v) is 11.4. The van der Waals surface area contributed by atoms with Gasteiger partial charge in [-0.2, -0.15) is 10.5 Å². The predicted molar refractivity (Wildman–Crippen MR) is 220 cm³/mol. The van der Waals surface area contributed by atoms with Crippen LogP contribution < -0.4 is 9.47 Å². The van der Waals surface area contributed by atoms with Crippen molar-refractivity contribution in [2.75, 3.05) is 0 Å². The van der Waals surface area contributed by atoms with Crippen molar-refractivity contribution in [3.63, 3.8) is 0 Å². The number of ether oxygens (including phenoxy) is 2. The third kappa shape index (κ3) is 12.1. The molecule has 0 radical (unpaired) electrons. The van der Waals surface area contributed by atoms with Crippen LogP contribution in [0.2, 0.25) is 10.0 Å². The molecule has 12 heteroatoms. The maximum atomic E-state index is 14.3. The number of nitriles is 2. The Morgan fingerprint density at radius 2 is 1.19 bits per heavy atom. The second-order valence-corrected chi connectivity index (χ2v) is 16.6. The first kappa shape index (κ1) is 44.2. The highest BCUT2D eigenvalue weighted by Crippen LogP contribution is 2.34. The van der Waals surface area contributed by atoms with E-state index in [1.807, 2.05) is 39.8 Å². The van der Waals surface area contributed by atoms with Crippen LogP contribution in [0.3, 0.4) is 0 Å². The summed E-state index contributed by atoms with van der Waals surface area (Å²) in [6.45, 7) is 7.63. The van der Waals surface area contributed by atoms with Crippen molar-refractivity contribution in [3.05, 3.63) is 116 Å². The van der Waals surface area contributed by atoms with E-state index < -0.39 is 11.6 Å². The molecule has 0 spiro atoms. The Kier molecular flexibility index (Phi) is 15.8. The van der Waals surface area contributed by atoms with Gasteiger partial charge in [-0.1, -0.05) is 50.9 Å². The van der Waals surface area contributed by atoms with Crippen LogP contribution in [0.25, 0.3) is 0 Å². The maximum Gasteiger partial charge on any atom is 0.167 e. The van der Waals surface area contributed by atoms with Crippen LogP contribution in [-0.2, 0) is 0 Å². The molecule has 0 bridgehead atoms. The fourth-order valence-corrected chi connectivity index (χ4v) is 7.78. The minimum atomic E-state index is -0.483. The Labute approximate surface area is 349 Å². The first-order valence-corrected chi connectivity index (χ1v) is 20.6. The number of benzene rings is 2. The number of halogens is 4. The van der Waals surface area contributed by atoms with E-state index in [-0.39, 0.29) is 53.0 Å². The van der Waals surface area contributed by atoms with Gasteiger partial charge in [-0.15, -0.1) is 0 Å². The number of ketones is 2. The van der Waals surface area contributed by atoms with Crippen molar-refractivity contribution in [3.8, 4) is 23.6 Å². The summed E-state index contributed by atoms with van der Waals surface area (Å²) in [5.41, 5.74) is 2.32. The van der Waals surface area contributed by atoms with E-state index in [0.717, 1.165) is 51.4 Å². The number of carbonyl (C=O) groups excluding carboxylic acids is 2. The molecule has 0 unspecified atom stereocenters. The molecule has 2 aliphatic carbocycles. The molecule has 2 aromatic carbocycles. The molecular formula is C46H48Cl2F2N4O4. The number of aromatic nitrogens is 2. The molecule has 58 heavy (non-hydrogen) atoms. The Morgan fingerprint density at radius 3 is 1.60 bits per heavy atom. The fraction of sp³-hybridized carbons (Fsp3) is 0.435. The van der Waals surface area contributed by atoms with Gasteiger partial charge in [0.25, 0.3) is 0 Å². The fourth-order valence-electron chi connectivity index (χ4n) is 7.36. The molecule has 6 rings (SSSR count). The molecule has 0 aliphatic heterocycles. The molecule has 8 nitrogen and oxygen atoms in total. The van der Waals surface area contributed by atoms with Crippen LogP contribution in [0.4, 0.5) is 8.78 Å². The zero-order valence-corrected chi connectivity index (χ0v) is 34.8. The van der Waals surface area contributed by atoms with Gasteiger partial charge in [0.1, 0.15) is 35.3 Å². The average molecular weight is 830 g/mol. The molecule has 2 aliphatic rings. The van der Waals surface area contributed by atoms with E-state index >= 15 is 0 Å². The summed E-state index contributed by atoms with van der Waals surface area (Å²) in [5.74, 6) is 0.745. The monoisotopic (exact) mass is 828 g/mol. The lowest BCUT2D eigenvalue weighted by atomic mass is 9.83. The molecule has 2 saturated carbocycles. The quantitative estimate of drug-likeness (QED) is 0.129.